The van der Waals surface area contributed by atoms with Crippen molar-refractivity contribution in [3.8, 4) is 6.07 Å². The van der Waals surface area contributed by atoms with E-state index in [0.717, 1.165) is 16.7 Å². The molecule has 1 saturated heterocycles. The van der Waals surface area contributed by atoms with Crippen LogP contribution in [0.15, 0.2) is 47.7 Å². The largest absolute Gasteiger partial charge is 0.402 e. The standard InChI is InChI=1S/C25H28N4O2/c1-15-9-16(2)22(10-21(15)24(28)23(14-31-4)17(3)27)25(30)29-12-20(13-29)19-7-5-18(11-26)6-8-19/h5-10,20,28H,12-14,27H2,1-4H3. The molecule has 0 unspecified atom stereocenters. The Bertz CT molecular complexity index is 1080. The van der Waals surface area contributed by atoms with Gasteiger partial charge in [0.1, 0.15) is 0 Å². The Morgan fingerprint density at radius 1 is 1.19 bits per heavy atom. The van der Waals surface area contributed by atoms with Gasteiger partial charge >= 0.3 is 0 Å². The zero-order chi connectivity index (χ0) is 22.7. The zero-order valence-corrected chi connectivity index (χ0v) is 18.5. The lowest BCUT2D eigenvalue weighted by molar-refractivity contribution is 0.0601. The van der Waals surface area contributed by atoms with E-state index < -0.39 is 0 Å². The summed E-state index contributed by atoms with van der Waals surface area (Å²) < 4.78 is 5.21. The second-order valence-electron chi connectivity index (χ2n) is 8.09. The Morgan fingerprint density at radius 2 is 1.81 bits per heavy atom. The summed E-state index contributed by atoms with van der Waals surface area (Å²) >= 11 is 0. The van der Waals surface area contributed by atoms with Crippen LogP contribution in [-0.4, -0.2) is 43.3 Å². The SMILES string of the molecule is COCC(C(=N)c1cc(C(=O)N2CC(c3ccc(C#N)cc3)C2)c(C)cc1C)=C(C)N. The molecule has 160 valence electrons. The van der Waals surface area contributed by atoms with Crippen molar-refractivity contribution in [2.45, 2.75) is 26.7 Å². The van der Waals surface area contributed by atoms with E-state index in [4.69, 9.17) is 21.1 Å². The fourth-order valence-corrected chi connectivity index (χ4v) is 3.90. The zero-order valence-electron chi connectivity index (χ0n) is 18.5. The molecule has 0 radical (unpaired) electrons. The predicted molar refractivity (Wildman–Crippen MR) is 121 cm³/mol. The smallest absolute Gasteiger partial charge is 0.254 e. The van der Waals surface area contributed by atoms with Gasteiger partial charge in [-0.1, -0.05) is 18.2 Å². The van der Waals surface area contributed by atoms with Gasteiger partial charge in [0, 0.05) is 48.5 Å². The molecule has 31 heavy (non-hydrogen) atoms. The monoisotopic (exact) mass is 416 g/mol. The molecule has 3 rings (SSSR count). The highest BCUT2D eigenvalue weighted by molar-refractivity contribution is 6.13. The van der Waals surface area contributed by atoms with Gasteiger partial charge in [-0.3, -0.25) is 10.2 Å². The van der Waals surface area contributed by atoms with Crippen LogP contribution >= 0.6 is 0 Å². The maximum atomic E-state index is 13.2. The van der Waals surface area contributed by atoms with Gasteiger partial charge in [-0.15, -0.1) is 0 Å². The number of allylic oxidation sites excluding steroid dienone is 1. The van der Waals surface area contributed by atoms with Gasteiger partial charge in [0.2, 0.25) is 0 Å². The van der Waals surface area contributed by atoms with E-state index >= 15 is 0 Å². The summed E-state index contributed by atoms with van der Waals surface area (Å²) in [5.74, 6) is 0.245. The number of methoxy groups -OCH3 is 1. The minimum absolute atomic E-state index is 0.0295. The highest BCUT2D eigenvalue weighted by atomic mass is 16.5. The van der Waals surface area contributed by atoms with Crippen molar-refractivity contribution in [1.82, 2.24) is 4.90 Å². The predicted octanol–water partition coefficient (Wildman–Crippen LogP) is 3.66. The number of ether oxygens (including phenoxy) is 1. The number of hydrogen-bond acceptors (Lipinski definition) is 5. The Labute approximate surface area is 183 Å². The van der Waals surface area contributed by atoms with Crippen LogP contribution in [0.25, 0.3) is 0 Å². The minimum Gasteiger partial charge on any atom is -0.402 e. The third kappa shape index (κ3) is 4.52. The number of rotatable bonds is 6. The number of likely N-dealkylation sites (tertiary alicyclic amines) is 1. The first-order chi connectivity index (χ1) is 14.8. The number of benzene rings is 2. The van der Waals surface area contributed by atoms with E-state index in [9.17, 15) is 4.79 Å². The lowest BCUT2D eigenvalue weighted by Crippen LogP contribution is -2.48. The van der Waals surface area contributed by atoms with Gasteiger partial charge < -0.3 is 15.4 Å². The quantitative estimate of drug-likeness (QED) is 0.701. The van der Waals surface area contributed by atoms with Crippen LogP contribution in [-0.2, 0) is 4.74 Å². The molecule has 0 bridgehead atoms. The number of amides is 1. The fraction of sp³-hybridized carbons (Fsp3) is 0.320. The van der Waals surface area contributed by atoms with Crippen LogP contribution in [0, 0.1) is 30.6 Å². The highest BCUT2D eigenvalue weighted by Crippen LogP contribution is 2.30. The van der Waals surface area contributed by atoms with Crippen molar-refractivity contribution >= 4 is 11.6 Å². The molecule has 6 heteroatoms. The van der Waals surface area contributed by atoms with Crippen molar-refractivity contribution in [3.05, 3.63) is 81.0 Å². The number of nitriles is 1. The van der Waals surface area contributed by atoms with Gasteiger partial charge in [-0.05, 0) is 55.7 Å². The molecule has 3 N–H and O–H groups in total. The van der Waals surface area contributed by atoms with Crippen LogP contribution in [0.3, 0.4) is 0 Å². The Kier molecular flexibility index (Phi) is 6.57. The molecule has 1 aliphatic rings. The van der Waals surface area contributed by atoms with Crippen LogP contribution in [0.1, 0.15) is 51.0 Å². The van der Waals surface area contributed by atoms with E-state index in [1.54, 1.807) is 14.0 Å². The first-order valence-corrected chi connectivity index (χ1v) is 10.2. The van der Waals surface area contributed by atoms with Gasteiger partial charge in [0.15, 0.2) is 0 Å². The van der Waals surface area contributed by atoms with Crippen molar-refractivity contribution in [2.75, 3.05) is 26.8 Å². The highest BCUT2D eigenvalue weighted by Gasteiger charge is 2.33. The number of nitrogens with zero attached hydrogens (tertiary/aromatic N) is 2. The molecule has 0 saturated carbocycles. The van der Waals surface area contributed by atoms with E-state index in [1.165, 1.54) is 0 Å². The first-order valence-electron chi connectivity index (χ1n) is 10.2. The molecule has 1 heterocycles. The summed E-state index contributed by atoms with van der Waals surface area (Å²) in [7, 11) is 1.57. The second kappa shape index (κ2) is 9.15. The lowest BCUT2D eigenvalue weighted by atomic mass is 9.88. The van der Waals surface area contributed by atoms with Crippen molar-refractivity contribution in [2.24, 2.45) is 5.73 Å². The fourth-order valence-electron chi connectivity index (χ4n) is 3.90. The molecule has 2 aromatic carbocycles. The number of carbonyl (C=O) groups is 1. The number of nitrogens with one attached hydrogen (secondary N) is 1. The van der Waals surface area contributed by atoms with Crippen molar-refractivity contribution in [1.29, 1.82) is 10.7 Å². The lowest BCUT2D eigenvalue weighted by Gasteiger charge is -2.40. The average molecular weight is 417 g/mol. The summed E-state index contributed by atoms with van der Waals surface area (Å²) in [6.45, 7) is 7.14. The number of aryl methyl sites for hydroxylation is 2. The van der Waals surface area contributed by atoms with Gasteiger partial charge in [0.25, 0.3) is 5.91 Å². The normalized spacial score (nSPS) is 14.5. The van der Waals surface area contributed by atoms with E-state index in [0.29, 0.717) is 41.1 Å². The molecule has 0 aliphatic carbocycles. The molecule has 1 amide bonds. The number of nitrogens with two attached hydrogens (primary N) is 1. The molecule has 0 aromatic heterocycles. The van der Waals surface area contributed by atoms with Gasteiger partial charge in [0.05, 0.1) is 24.0 Å². The Morgan fingerprint density at radius 3 is 2.35 bits per heavy atom. The summed E-state index contributed by atoms with van der Waals surface area (Å²) in [4.78, 5) is 15.0. The van der Waals surface area contributed by atoms with Crippen LogP contribution in [0.5, 0.6) is 0 Å². The second-order valence-corrected chi connectivity index (χ2v) is 8.09. The van der Waals surface area contributed by atoms with E-state index in [-0.39, 0.29) is 24.1 Å². The maximum absolute atomic E-state index is 13.2. The van der Waals surface area contributed by atoms with Crippen LogP contribution < -0.4 is 5.73 Å². The molecule has 6 nitrogen and oxygen atoms in total. The Hall–Kier alpha value is -3.43. The number of carbonyl (C=O) groups excluding carboxylic acids is 1. The van der Waals surface area contributed by atoms with Crippen molar-refractivity contribution < 1.29 is 9.53 Å². The Balaban J connectivity index is 1.81. The van der Waals surface area contributed by atoms with Crippen LogP contribution in [0.2, 0.25) is 0 Å². The maximum Gasteiger partial charge on any atom is 0.254 e. The third-order valence-electron chi connectivity index (χ3n) is 5.82. The van der Waals surface area contributed by atoms with Gasteiger partial charge in [-0.25, -0.2) is 0 Å². The molecule has 1 aliphatic heterocycles. The summed E-state index contributed by atoms with van der Waals surface area (Å²) in [5.41, 5.74) is 12.3. The third-order valence-corrected chi connectivity index (χ3v) is 5.82. The summed E-state index contributed by atoms with van der Waals surface area (Å²) in [6, 6.07) is 13.4. The summed E-state index contributed by atoms with van der Waals surface area (Å²) in [5, 5.41) is 17.6. The van der Waals surface area contributed by atoms with E-state index in [2.05, 4.69) is 6.07 Å². The molecular formula is C25H28N4O2. The van der Waals surface area contributed by atoms with E-state index in [1.807, 2.05) is 55.1 Å². The minimum atomic E-state index is -0.0295. The van der Waals surface area contributed by atoms with Crippen molar-refractivity contribution in [3.63, 3.8) is 0 Å². The topological polar surface area (TPSA) is 103 Å². The molecule has 1 fully saturated rings. The van der Waals surface area contributed by atoms with Gasteiger partial charge in [-0.2, -0.15) is 5.26 Å². The van der Waals surface area contributed by atoms with Crippen LogP contribution in [0.4, 0.5) is 0 Å². The first kappa shape index (κ1) is 22.3. The molecule has 0 atom stereocenters. The molecular weight excluding hydrogens is 388 g/mol. The number of hydrogen-bond donors (Lipinski definition) is 2. The molecule has 2 aromatic rings. The average Bonchev–Trinajstić information content (AvgIpc) is 2.70. The molecule has 0 spiro atoms. The summed E-state index contributed by atoms with van der Waals surface area (Å²) in [6.07, 6.45) is 0.